The number of rotatable bonds is 3. The molecule has 0 saturated carbocycles. The van der Waals surface area contributed by atoms with E-state index in [2.05, 4.69) is 11.1 Å². The molecule has 0 fully saturated rings. The number of hydrogen-bond acceptors (Lipinski definition) is 2. The molecule has 0 amide bonds. The Morgan fingerprint density at radius 3 is 2.33 bits per heavy atom. The van der Waals surface area contributed by atoms with Gasteiger partial charge in [-0.1, -0.05) is 30.3 Å². The molecule has 0 aliphatic heterocycles. The van der Waals surface area contributed by atoms with Crippen molar-refractivity contribution in [2.75, 3.05) is 0 Å². The van der Waals surface area contributed by atoms with Crippen LogP contribution in [0, 0.1) is 11.3 Å². The third-order valence-electron chi connectivity index (χ3n) is 2.58. The first-order chi connectivity index (χ1) is 8.79. The topological polar surface area (TPSA) is 62.2 Å². The zero-order valence-corrected chi connectivity index (χ0v) is 9.88. The van der Waals surface area contributed by atoms with Crippen molar-refractivity contribution in [2.24, 2.45) is 10.7 Å². The van der Waals surface area contributed by atoms with Crippen LogP contribution in [0.4, 0.5) is 0 Å². The number of aliphatic imine (C=N–C) groups is 1. The molecule has 0 unspecified atom stereocenters. The van der Waals surface area contributed by atoms with E-state index in [1.54, 1.807) is 12.1 Å². The molecule has 0 radical (unpaired) electrons. The Morgan fingerprint density at radius 2 is 1.72 bits per heavy atom. The van der Waals surface area contributed by atoms with Gasteiger partial charge in [0.05, 0.1) is 18.2 Å². The van der Waals surface area contributed by atoms with Crippen molar-refractivity contribution in [3.63, 3.8) is 0 Å². The molecule has 0 aromatic heterocycles. The van der Waals surface area contributed by atoms with Crippen molar-refractivity contribution in [3.8, 4) is 6.07 Å². The van der Waals surface area contributed by atoms with Gasteiger partial charge in [0, 0.05) is 5.56 Å². The predicted molar refractivity (Wildman–Crippen MR) is 72.0 cm³/mol. The van der Waals surface area contributed by atoms with Crippen LogP contribution < -0.4 is 5.73 Å². The maximum Gasteiger partial charge on any atom is 0.125 e. The molecule has 0 atom stereocenters. The second kappa shape index (κ2) is 5.65. The quantitative estimate of drug-likeness (QED) is 0.656. The number of amidine groups is 1. The van der Waals surface area contributed by atoms with E-state index in [0.717, 1.165) is 11.1 Å². The maximum atomic E-state index is 8.71. The third kappa shape index (κ3) is 2.96. The number of nitrogens with zero attached hydrogens (tertiary/aromatic N) is 2. The Morgan fingerprint density at radius 1 is 1.06 bits per heavy atom. The fourth-order valence-corrected chi connectivity index (χ4v) is 1.57. The Labute approximate surface area is 106 Å². The van der Waals surface area contributed by atoms with Gasteiger partial charge in [-0.2, -0.15) is 5.26 Å². The van der Waals surface area contributed by atoms with Crippen molar-refractivity contribution in [1.29, 1.82) is 5.26 Å². The van der Waals surface area contributed by atoms with Gasteiger partial charge in [-0.3, -0.25) is 4.99 Å². The zero-order valence-electron chi connectivity index (χ0n) is 9.88. The molecule has 3 nitrogen and oxygen atoms in total. The molecule has 0 aliphatic carbocycles. The highest BCUT2D eigenvalue weighted by Gasteiger charge is 1.98. The van der Waals surface area contributed by atoms with E-state index in [1.807, 2.05) is 42.5 Å². The minimum Gasteiger partial charge on any atom is -0.383 e. The van der Waals surface area contributed by atoms with E-state index in [-0.39, 0.29) is 0 Å². The minimum atomic E-state index is 0.489. The van der Waals surface area contributed by atoms with E-state index >= 15 is 0 Å². The van der Waals surface area contributed by atoms with Crippen molar-refractivity contribution in [3.05, 3.63) is 71.3 Å². The van der Waals surface area contributed by atoms with Gasteiger partial charge in [0.15, 0.2) is 0 Å². The van der Waals surface area contributed by atoms with Crippen LogP contribution in [0.2, 0.25) is 0 Å². The van der Waals surface area contributed by atoms with E-state index in [0.29, 0.717) is 17.9 Å². The Balaban J connectivity index is 2.11. The van der Waals surface area contributed by atoms with Crippen LogP contribution in [-0.4, -0.2) is 5.84 Å². The summed E-state index contributed by atoms with van der Waals surface area (Å²) in [4.78, 5) is 4.33. The van der Waals surface area contributed by atoms with Gasteiger partial charge in [0.1, 0.15) is 5.84 Å². The number of nitrogens with two attached hydrogens (primary N) is 1. The summed E-state index contributed by atoms with van der Waals surface area (Å²) in [5.74, 6) is 0.489. The molecule has 2 N–H and O–H groups in total. The van der Waals surface area contributed by atoms with Crippen LogP contribution >= 0.6 is 0 Å². The highest BCUT2D eigenvalue weighted by molar-refractivity contribution is 5.97. The molecule has 88 valence electrons. The lowest BCUT2D eigenvalue weighted by molar-refractivity contribution is 1.06. The monoisotopic (exact) mass is 235 g/mol. The Bertz CT molecular complexity index is 577. The van der Waals surface area contributed by atoms with Crippen LogP contribution in [0.5, 0.6) is 0 Å². The Kier molecular flexibility index (Phi) is 3.72. The molecule has 0 aliphatic rings. The summed E-state index contributed by atoms with van der Waals surface area (Å²) in [6.45, 7) is 0.562. The summed E-state index contributed by atoms with van der Waals surface area (Å²) in [6.07, 6.45) is 0. The first-order valence-corrected chi connectivity index (χ1v) is 5.64. The molecular weight excluding hydrogens is 222 g/mol. The maximum absolute atomic E-state index is 8.71. The van der Waals surface area contributed by atoms with E-state index in [1.165, 1.54) is 0 Å². The van der Waals surface area contributed by atoms with Crippen LogP contribution in [0.15, 0.2) is 59.6 Å². The molecule has 2 aromatic rings. The van der Waals surface area contributed by atoms with Gasteiger partial charge < -0.3 is 5.73 Å². The van der Waals surface area contributed by atoms with E-state index < -0.39 is 0 Å². The van der Waals surface area contributed by atoms with Crippen molar-refractivity contribution < 1.29 is 0 Å². The van der Waals surface area contributed by atoms with Gasteiger partial charge in [0.25, 0.3) is 0 Å². The standard InChI is InChI=1S/C15H13N3/c16-10-12-6-8-14(9-7-12)15(17)18-11-13-4-2-1-3-5-13/h1-9H,11H2,(H2,17,18). The molecule has 0 saturated heterocycles. The molecule has 0 heterocycles. The van der Waals surface area contributed by atoms with Crippen LogP contribution in [0.25, 0.3) is 0 Å². The first-order valence-electron chi connectivity index (χ1n) is 5.64. The summed E-state index contributed by atoms with van der Waals surface area (Å²) in [6, 6.07) is 19.1. The summed E-state index contributed by atoms with van der Waals surface area (Å²) in [7, 11) is 0. The predicted octanol–water partition coefficient (Wildman–Crippen LogP) is 2.46. The second-order valence-corrected chi connectivity index (χ2v) is 3.88. The summed E-state index contributed by atoms with van der Waals surface area (Å²) in [5, 5.41) is 8.71. The summed E-state index contributed by atoms with van der Waals surface area (Å²) >= 11 is 0. The number of hydrogen-bond donors (Lipinski definition) is 1. The average molecular weight is 235 g/mol. The number of nitriles is 1. The van der Waals surface area contributed by atoms with Gasteiger partial charge >= 0.3 is 0 Å². The van der Waals surface area contributed by atoms with Crippen molar-refractivity contribution in [2.45, 2.75) is 6.54 Å². The van der Waals surface area contributed by atoms with Crippen LogP contribution in [-0.2, 0) is 6.54 Å². The van der Waals surface area contributed by atoms with Crippen LogP contribution in [0.3, 0.4) is 0 Å². The smallest absolute Gasteiger partial charge is 0.125 e. The summed E-state index contributed by atoms with van der Waals surface area (Å²) in [5.41, 5.74) is 8.48. The summed E-state index contributed by atoms with van der Waals surface area (Å²) < 4.78 is 0. The van der Waals surface area contributed by atoms with Crippen molar-refractivity contribution in [1.82, 2.24) is 0 Å². The molecule has 18 heavy (non-hydrogen) atoms. The normalized spacial score (nSPS) is 10.9. The number of benzene rings is 2. The lowest BCUT2D eigenvalue weighted by atomic mass is 10.1. The lowest BCUT2D eigenvalue weighted by Crippen LogP contribution is -2.13. The third-order valence-corrected chi connectivity index (χ3v) is 2.58. The van der Waals surface area contributed by atoms with E-state index in [9.17, 15) is 0 Å². The molecule has 0 bridgehead atoms. The second-order valence-electron chi connectivity index (χ2n) is 3.88. The molecule has 3 heteroatoms. The highest BCUT2D eigenvalue weighted by atomic mass is 14.8. The van der Waals surface area contributed by atoms with Crippen LogP contribution in [0.1, 0.15) is 16.7 Å². The average Bonchev–Trinajstić information content (AvgIpc) is 2.46. The molecule has 0 spiro atoms. The highest BCUT2D eigenvalue weighted by Crippen LogP contribution is 2.05. The molecule has 2 aromatic carbocycles. The van der Waals surface area contributed by atoms with Gasteiger partial charge in [-0.15, -0.1) is 0 Å². The Hall–Kier alpha value is -2.60. The van der Waals surface area contributed by atoms with Gasteiger partial charge in [0.2, 0.25) is 0 Å². The van der Waals surface area contributed by atoms with Crippen molar-refractivity contribution >= 4 is 5.84 Å². The largest absolute Gasteiger partial charge is 0.383 e. The van der Waals surface area contributed by atoms with E-state index in [4.69, 9.17) is 11.0 Å². The molecular formula is C15H13N3. The van der Waals surface area contributed by atoms with Gasteiger partial charge in [-0.25, -0.2) is 0 Å². The fourth-order valence-electron chi connectivity index (χ4n) is 1.57. The lowest BCUT2D eigenvalue weighted by Gasteiger charge is -2.01. The fraction of sp³-hybridized carbons (Fsp3) is 0.0667. The zero-order chi connectivity index (χ0) is 12.8. The SMILES string of the molecule is N#Cc1ccc(/C(N)=N/Cc2ccccc2)cc1. The molecule has 2 rings (SSSR count). The minimum absolute atomic E-state index is 0.489. The first kappa shape index (κ1) is 11.9. The van der Waals surface area contributed by atoms with Gasteiger partial charge in [-0.05, 0) is 29.8 Å².